The normalized spacial score (nSPS) is 15.3. The second-order valence-electron chi connectivity index (χ2n) is 13.0. The van der Waals surface area contributed by atoms with Gasteiger partial charge in [0.05, 0.1) is 11.0 Å². The highest BCUT2D eigenvalue weighted by Crippen LogP contribution is 2.36. The topological polar surface area (TPSA) is 4.93 Å². The molecule has 9 aromatic rings. The largest absolute Gasteiger partial charge is 0.309 e. The van der Waals surface area contributed by atoms with Crippen LogP contribution in [0, 0.1) is 0 Å². The van der Waals surface area contributed by atoms with Gasteiger partial charge in [-0.1, -0.05) is 163 Å². The molecule has 1 aromatic heterocycles. The van der Waals surface area contributed by atoms with Crippen molar-refractivity contribution in [3.63, 3.8) is 0 Å². The summed E-state index contributed by atoms with van der Waals surface area (Å²) in [7, 11) is -2.76. The highest BCUT2D eigenvalue weighted by molar-refractivity contribution is 8.00. The highest BCUT2D eigenvalue weighted by Gasteiger charge is 2.47. The Hall–Kier alpha value is -5.32. The third-order valence-corrected chi connectivity index (χ3v) is 17.0. The first-order chi connectivity index (χ1) is 24.7. The van der Waals surface area contributed by atoms with Crippen molar-refractivity contribution in [3.8, 4) is 16.8 Å². The predicted octanol–water partition coefficient (Wildman–Crippen LogP) is 10.1. The highest BCUT2D eigenvalue weighted by atomic mass is 35.5. The third kappa shape index (κ3) is 4.48. The van der Waals surface area contributed by atoms with Gasteiger partial charge in [0.1, 0.15) is 0 Å². The minimum Gasteiger partial charge on any atom is -0.309 e. The number of fused-ring (bicyclic) bond motifs is 6. The lowest BCUT2D eigenvalue weighted by atomic mass is 10.1. The number of para-hydroxylation sites is 2. The van der Waals surface area contributed by atoms with E-state index in [0.717, 1.165) is 5.02 Å². The summed E-state index contributed by atoms with van der Waals surface area (Å²) < 4.78 is 2.40. The summed E-state index contributed by atoms with van der Waals surface area (Å²) >= 11 is 8.53. The molecule has 0 saturated carbocycles. The molecule has 1 nitrogen and oxygen atoms in total. The summed E-state index contributed by atoms with van der Waals surface area (Å²) in [6.07, 6.45) is 0. The smallest absolute Gasteiger partial charge is 0.181 e. The molecule has 1 atom stereocenters. The Morgan fingerprint density at radius 3 is 1.82 bits per heavy atom. The van der Waals surface area contributed by atoms with Gasteiger partial charge >= 0.3 is 0 Å². The van der Waals surface area contributed by atoms with E-state index in [0.29, 0.717) is 0 Å². The van der Waals surface area contributed by atoms with Crippen molar-refractivity contribution < 1.29 is 0 Å². The van der Waals surface area contributed by atoms with Crippen LogP contribution in [0.5, 0.6) is 0 Å². The van der Waals surface area contributed by atoms with Crippen molar-refractivity contribution >= 4 is 84.8 Å². The second-order valence-corrected chi connectivity index (χ2v) is 18.3. The van der Waals surface area contributed by atoms with Gasteiger partial charge in [-0.05, 0) is 85.1 Å². The molecule has 10 rings (SSSR count). The summed E-state index contributed by atoms with van der Waals surface area (Å²) in [6.45, 7) is 0. The molecule has 1 unspecified atom stereocenters. The van der Waals surface area contributed by atoms with Crippen molar-refractivity contribution in [2.24, 2.45) is 0 Å². The molecule has 236 valence electrons. The predicted molar refractivity (Wildman–Crippen MR) is 216 cm³/mol. The monoisotopic (exact) mass is 691 g/mol. The lowest BCUT2D eigenvalue weighted by Gasteiger charge is -2.40. The van der Waals surface area contributed by atoms with E-state index in [1.165, 1.54) is 79.9 Å². The van der Waals surface area contributed by atoms with Crippen LogP contribution in [-0.4, -0.2) is 12.6 Å². The van der Waals surface area contributed by atoms with Crippen LogP contribution >= 0.6 is 23.4 Å². The fourth-order valence-corrected chi connectivity index (χ4v) is 15.4. The molecular weight excluding hydrogens is 662 g/mol. The van der Waals surface area contributed by atoms with Gasteiger partial charge in [0.25, 0.3) is 0 Å². The van der Waals surface area contributed by atoms with Gasteiger partial charge in [-0.3, -0.25) is 0 Å². The first-order valence-electron chi connectivity index (χ1n) is 16.9. The van der Waals surface area contributed by atoms with Crippen LogP contribution in [0.1, 0.15) is 0 Å². The minimum absolute atomic E-state index is 0.772. The van der Waals surface area contributed by atoms with Crippen LogP contribution in [0.3, 0.4) is 0 Å². The molecule has 0 spiro atoms. The van der Waals surface area contributed by atoms with Gasteiger partial charge in [0, 0.05) is 31.3 Å². The molecule has 0 N–H and O–H groups in total. The number of hydrogen-bond donors (Lipinski definition) is 0. The van der Waals surface area contributed by atoms with Crippen molar-refractivity contribution in [2.45, 2.75) is 9.79 Å². The second kappa shape index (κ2) is 11.6. The molecule has 4 heteroatoms. The van der Waals surface area contributed by atoms with Gasteiger partial charge in [0.15, 0.2) is 8.07 Å². The lowest BCUT2D eigenvalue weighted by Crippen LogP contribution is -2.76. The van der Waals surface area contributed by atoms with E-state index in [4.69, 9.17) is 11.6 Å². The molecule has 1 aliphatic heterocycles. The summed E-state index contributed by atoms with van der Waals surface area (Å²) in [6, 6.07) is 67.2. The maximum absolute atomic E-state index is 6.69. The zero-order valence-corrected chi connectivity index (χ0v) is 29.6. The van der Waals surface area contributed by atoms with Crippen LogP contribution in [0.25, 0.3) is 49.4 Å². The van der Waals surface area contributed by atoms with E-state index >= 15 is 0 Å². The molecule has 0 saturated heterocycles. The quantitative estimate of drug-likeness (QED) is 0.166. The summed E-state index contributed by atoms with van der Waals surface area (Å²) in [5.74, 6) is 0. The Kier molecular flexibility index (Phi) is 6.89. The molecule has 0 aliphatic carbocycles. The molecule has 0 bridgehead atoms. The Morgan fingerprint density at radius 2 is 1.04 bits per heavy atom. The first kappa shape index (κ1) is 29.6. The minimum atomic E-state index is -2.76. The van der Waals surface area contributed by atoms with E-state index in [1.54, 1.807) is 0 Å². The van der Waals surface area contributed by atoms with E-state index in [9.17, 15) is 0 Å². The van der Waals surface area contributed by atoms with Crippen molar-refractivity contribution in [1.29, 1.82) is 0 Å². The third-order valence-electron chi connectivity index (χ3n) is 10.4. The van der Waals surface area contributed by atoms with E-state index in [1.807, 2.05) is 11.8 Å². The summed E-state index contributed by atoms with van der Waals surface area (Å²) in [4.78, 5) is 2.56. The van der Waals surface area contributed by atoms with E-state index in [-0.39, 0.29) is 0 Å². The molecule has 2 heterocycles. The fraction of sp³-hybridized carbons (Fsp3) is 0. The number of nitrogens with zero attached hydrogens (tertiary/aromatic N) is 1. The maximum atomic E-state index is 6.69. The van der Waals surface area contributed by atoms with Crippen LogP contribution in [0.2, 0.25) is 5.02 Å². The van der Waals surface area contributed by atoms with Crippen molar-refractivity contribution in [1.82, 2.24) is 4.57 Å². The zero-order valence-electron chi connectivity index (χ0n) is 27.1. The maximum Gasteiger partial charge on any atom is 0.181 e. The molecule has 0 radical (unpaired) electrons. The van der Waals surface area contributed by atoms with Gasteiger partial charge < -0.3 is 4.57 Å². The Morgan fingerprint density at radius 1 is 0.440 bits per heavy atom. The van der Waals surface area contributed by atoms with Crippen molar-refractivity contribution in [2.75, 3.05) is 0 Å². The number of rotatable bonds is 4. The molecular formula is C46H30ClNSSi. The van der Waals surface area contributed by atoms with Gasteiger partial charge in [0.2, 0.25) is 0 Å². The SMILES string of the molecule is Clc1ccc2c(c1)Sc1ccccc1[Si]2(c1ccc(-c2ccccc2)cc1)c1ccc2cc(-n3c4ccccc4c4ccccc43)ccc2c1. The molecule has 50 heavy (non-hydrogen) atoms. The summed E-state index contributed by atoms with van der Waals surface area (Å²) in [5.41, 5.74) is 6.07. The molecule has 0 fully saturated rings. The van der Waals surface area contributed by atoms with Gasteiger partial charge in [-0.15, -0.1) is 0 Å². The average molecular weight is 692 g/mol. The van der Waals surface area contributed by atoms with Gasteiger partial charge in [-0.25, -0.2) is 0 Å². The van der Waals surface area contributed by atoms with Crippen LogP contribution in [-0.2, 0) is 0 Å². The van der Waals surface area contributed by atoms with E-state index < -0.39 is 8.07 Å². The number of halogens is 1. The number of benzene rings is 8. The van der Waals surface area contributed by atoms with Crippen LogP contribution < -0.4 is 20.7 Å². The number of hydrogen-bond acceptors (Lipinski definition) is 1. The number of aromatic nitrogens is 1. The average Bonchev–Trinajstić information content (AvgIpc) is 3.51. The van der Waals surface area contributed by atoms with E-state index in [2.05, 4.69) is 187 Å². The Balaban J connectivity index is 1.20. The molecule has 0 amide bonds. The lowest BCUT2D eigenvalue weighted by molar-refractivity contribution is 1.19. The molecule has 8 aromatic carbocycles. The Labute approximate surface area is 301 Å². The molecule has 1 aliphatic rings. The van der Waals surface area contributed by atoms with Crippen LogP contribution in [0.4, 0.5) is 0 Å². The standard InChI is InChI=1S/C46H30ClNSSi/c47-35-22-27-46-44(30-35)49-43-16-8-9-17-45(43)50(46,37-24-19-32(20-25-37)31-10-2-1-3-11-31)38-26-21-33-28-36(23-18-34(33)29-38)48-41-14-6-4-12-39(41)40-13-5-7-15-42(40)48/h1-30H. The van der Waals surface area contributed by atoms with Crippen LogP contribution in [0.15, 0.2) is 192 Å². The first-order valence-corrected chi connectivity index (χ1v) is 20.1. The summed E-state index contributed by atoms with van der Waals surface area (Å²) in [5, 5.41) is 11.3. The fourth-order valence-electron chi connectivity index (χ4n) is 8.16. The Bertz CT molecular complexity index is 2700. The van der Waals surface area contributed by atoms with Crippen molar-refractivity contribution in [3.05, 3.63) is 187 Å². The van der Waals surface area contributed by atoms with Gasteiger partial charge in [-0.2, -0.15) is 0 Å². The zero-order chi connectivity index (χ0) is 33.2.